The molecule has 0 bridgehead atoms. The number of rotatable bonds is 1. The zero-order chi connectivity index (χ0) is 11.1. The molecule has 2 fully saturated rings. The summed E-state index contributed by atoms with van der Waals surface area (Å²) in [7, 11) is -2.07. The molecule has 88 valence electrons. The highest BCUT2D eigenvalue weighted by Crippen LogP contribution is 2.35. The molecular weight excluding hydrogens is 218 g/mol. The predicted molar refractivity (Wildman–Crippen MR) is 70.0 cm³/mol. The third-order valence-corrected chi connectivity index (χ3v) is 16.4. The van der Waals surface area contributed by atoms with E-state index in [1.54, 1.807) is 0 Å². The summed E-state index contributed by atoms with van der Waals surface area (Å²) in [6.07, 6.45) is 2.85. The Bertz CT molecular complexity index is 237. The minimum absolute atomic E-state index is 0.446. The van der Waals surface area contributed by atoms with Gasteiger partial charge in [-0.15, -0.1) is 0 Å². The Morgan fingerprint density at radius 1 is 1.20 bits per heavy atom. The molecule has 2 rings (SSSR count). The van der Waals surface area contributed by atoms with Crippen molar-refractivity contribution in [2.24, 2.45) is 5.41 Å². The summed E-state index contributed by atoms with van der Waals surface area (Å²) in [5, 5.41) is 0. The lowest BCUT2D eigenvalue weighted by atomic mass is 9.98. The van der Waals surface area contributed by atoms with Gasteiger partial charge in [0.1, 0.15) is 8.48 Å². The fraction of sp³-hybridized carbons (Fsp3) is 1.00. The first-order valence-electron chi connectivity index (χ1n) is 6.29. The quantitative estimate of drug-likeness (QED) is 0.654. The van der Waals surface area contributed by atoms with Gasteiger partial charge in [-0.3, -0.25) is 0 Å². The van der Waals surface area contributed by atoms with E-state index in [4.69, 9.17) is 4.43 Å². The van der Waals surface area contributed by atoms with E-state index in [1.165, 1.54) is 32.0 Å². The van der Waals surface area contributed by atoms with Crippen LogP contribution in [0.5, 0.6) is 0 Å². The van der Waals surface area contributed by atoms with E-state index in [-0.39, 0.29) is 0 Å². The van der Waals surface area contributed by atoms with Crippen LogP contribution in [0.15, 0.2) is 0 Å². The molecule has 2 heterocycles. The molecule has 2 saturated heterocycles. The number of hydrogen-bond donors (Lipinski definition) is 0. The van der Waals surface area contributed by atoms with Crippen LogP contribution in [0.25, 0.3) is 0 Å². The first-order chi connectivity index (χ1) is 6.91. The molecule has 0 N–H and O–H groups in total. The van der Waals surface area contributed by atoms with Crippen molar-refractivity contribution in [3.8, 4) is 0 Å². The summed E-state index contributed by atoms with van der Waals surface area (Å²) in [4.78, 5) is 0. The minimum Gasteiger partial charge on any atom is -0.418 e. The molecule has 2 aliphatic rings. The number of hydrogen-bond acceptors (Lipinski definition) is 2. The zero-order valence-corrected chi connectivity index (χ0v) is 12.8. The highest BCUT2D eigenvalue weighted by molar-refractivity contribution is 7.28. The van der Waals surface area contributed by atoms with Crippen molar-refractivity contribution < 1.29 is 4.43 Å². The van der Waals surface area contributed by atoms with Crippen molar-refractivity contribution >= 4 is 16.3 Å². The average Bonchev–Trinajstić information content (AvgIpc) is 2.62. The Morgan fingerprint density at radius 3 is 2.40 bits per heavy atom. The Morgan fingerprint density at radius 2 is 1.80 bits per heavy atom. The van der Waals surface area contributed by atoms with Gasteiger partial charge in [-0.1, -0.05) is 13.8 Å². The van der Waals surface area contributed by atoms with Crippen molar-refractivity contribution in [3.05, 3.63) is 0 Å². The van der Waals surface area contributed by atoms with Gasteiger partial charge in [0.25, 0.3) is 0 Å². The van der Waals surface area contributed by atoms with Crippen LogP contribution < -0.4 is 0 Å². The minimum atomic E-state index is -1.31. The van der Waals surface area contributed by atoms with Crippen molar-refractivity contribution in [1.29, 1.82) is 0 Å². The second kappa shape index (κ2) is 3.98. The van der Waals surface area contributed by atoms with Crippen LogP contribution in [0.1, 0.15) is 26.7 Å². The van der Waals surface area contributed by atoms with Gasteiger partial charge in [-0.25, -0.2) is 0 Å². The Labute approximate surface area is 96.6 Å². The highest BCUT2D eigenvalue weighted by atomic mass is 29.2. The molecule has 4 heteroatoms. The fourth-order valence-electron chi connectivity index (χ4n) is 2.93. The first-order valence-corrected chi connectivity index (χ1v) is 12.3. The molecule has 0 aromatic heterocycles. The van der Waals surface area contributed by atoms with Gasteiger partial charge in [0.2, 0.25) is 0 Å². The molecule has 0 aromatic rings. The molecule has 0 aliphatic carbocycles. The molecule has 15 heavy (non-hydrogen) atoms. The summed E-state index contributed by atoms with van der Waals surface area (Å²) in [5.41, 5.74) is 0.446. The summed E-state index contributed by atoms with van der Waals surface area (Å²) in [5.74, 6) is 0. The second-order valence-corrected chi connectivity index (χ2v) is 18.4. The standard InChI is InChI=1S/C11H25NOSi2/c1-11(2)9-13-15(3,4)14(10-11)12-7-5-6-8-12/h14H,5-10H2,1-4H3. The Kier molecular flexibility index (Phi) is 3.14. The van der Waals surface area contributed by atoms with E-state index in [0.717, 1.165) is 6.61 Å². The number of nitrogens with zero attached hydrogens (tertiary/aromatic N) is 1. The lowest BCUT2D eigenvalue weighted by molar-refractivity contribution is 0.179. The first kappa shape index (κ1) is 11.8. The maximum atomic E-state index is 6.26. The summed E-state index contributed by atoms with van der Waals surface area (Å²) < 4.78 is 9.10. The van der Waals surface area contributed by atoms with Crippen molar-refractivity contribution in [3.63, 3.8) is 0 Å². The molecule has 0 radical (unpaired) electrons. The highest BCUT2D eigenvalue weighted by Gasteiger charge is 2.47. The van der Waals surface area contributed by atoms with Crippen LogP contribution in [0.4, 0.5) is 0 Å². The van der Waals surface area contributed by atoms with E-state index in [0.29, 0.717) is 5.41 Å². The Hall–Kier alpha value is 0.354. The van der Waals surface area contributed by atoms with E-state index in [9.17, 15) is 0 Å². The van der Waals surface area contributed by atoms with E-state index < -0.39 is 16.3 Å². The third kappa shape index (κ3) is 2.54. The lowest BCUT2D eigenvalue weighted by Crippen LogP contribution is -2.63. The zero-order valence-electron chi connectivity index (χ0n) is 10.7. The summed E-state index contributed by atoms with van der Waals surface area (Å²) in [6, 6.07) is 1.48. The smallest absolute Gasteiger partial charge is 0.187 e. The van der Waals surface area contributed by atoms with Crippen LogP contribution in [-0.4, -0.2) is 40.6 Å². The van der Waals surface area contributed by atoms with Crippen molar-refractivity contribution in [2.75, 3.05) is 19.7 Å². The molecule has 0 amide bonds. The summed E-state index contributed by atoms with van der Waals surface area (Å²) >= 11 is 0. The van der Waals surface area contributed by atoms with Gasteiger partial charge in [0.05, 0.1) is 0 Å². The fourth-order valence-corrected chi connectivity index (χ4v) is 15.0. The van der Waals surface area contributed by atoms with Gasteiger partial charge < -0.3 is 8.99 Å². The molecule has 0 spiro atoms. The van der Waals surface area contributed by atoms with E-state index in [1.807, 2.05) is 0 Å². The van der Waals surface area contributed by atoms with Crippen LogP contribution >= 0.6 is 0 Å². The maximum Gasteiger partial charge on any atom is 0.187 e. The monoisotopic (exact) mass is 243 g/mol. The van der Waals surface area contributed by atoms with Crippen molar-refractivity contribution in [2.45, 2.75) is 45.8 Å². The topological polar surface area (TPSA) is 12.5 Å². The van der Waals surface area contributed by atoms with E-state index >= 15 is 0 Å². The molecule has 2 nitrogen and oxygen atoms in total. The van der Waals surface area contributed by atoms with Gasteiger partial charge in [0.15, 0.2) is 7.83 Å². The van der Waals surface area contributed by atoms with Gasteiger partial charge in [-0.2, -0.15) is 0 Å². The van der Waals surface area contributed by atoms with Gasteiger partial charge in [0, 0.05) is 6.61 Å². The molecule has 0 aromatic carbocycles. The molecule has 0 saturated carbocycles. The molecule has 2 aliphatic heterocycles. The normalized spacial score (nSPS) is 35.6. The average molecular weight is 243 g/mol. The third-order valence-electron chi connectivity index (χ3n) is 3.96. The van der Waals surface area contributed by atoms with Crippen LogP contribution in [0, 0.1) is 5.41 Å². The van der Waals surface area contributed by atoms with Crippen molar-refractivity contribution in [1.82, 2.24) is 4.57 Å². The predicted octanol–water partition coefficient (Wildman–Crippen LogP) is 2.15. The summed E-state index contributed by atoms with van der Waals surface area (Å²) in [6.45, 7) is 13.4. The van der Waals surface area contributed by atoms with Gasteiger partial charge in [-0.05, 0) is 50.5 Å². The van der Waals surface area contributed by atoms with Gasteiger partial charge >= 0.3 is 0 Å². The van der Waals surface area contributed by atoms with Crippen LogP contribution in [-0.2, 0) is 4.43 Å². The molecule has 1 atom stereocenters. The molecular formula is C11H25NOSi2. The SMILES string of the molecule is CC1(C)CO[Si](C)(C)[SiH](N2CCCC2)C1. The van der Waals surface area contributed by atoms with Crippen LogP contribution in [0.3, 0.4) is 0 Å². The largest absolute Gasteiger partial charge is 0.418 e. The van der Waals surface area contributed by atoms with E-state index in [2.05, 4.69) is 31.5 Å². The molecule has 1 unspecified atom stereocenters. The van der Waals surface area contributed by atoms with Crippen LogP contribution in [0.2, 0.25) is 19.1 Å². The maximum absolute atomic E-state index is 6.26. The second-order valence-electron chi connectivity index (χ2n) is 6.52. The Balaban J connectivity index is 2.10. The lowest BCUT2D eigenvalue weighted by Gasteiger charge is -2.47.